The Morgan fingerprint density at radius 1 is 1.15 bits per heavy atom. The van der Waals surface area contributed by atoms with Gasteiger partial charge < -0.3 is 14.5 Å². The van der Waals surface area contributed by atoms with Crippen LogP contribution < -0.4 is 4.74 Å². The van der Waals surface area contributed by atoms with Gasteiger partial charge in [0.1, 0.15) is 22.9 Å². The topological polar surface area (TPSA) is 109 Å². The molecule has 0 saturated carbocycles. The Hall–Kier alpha value is -4.13. The predicted octanol–water partition coefficient (Wildman–Crippen LogP) is 1.89. The number of ether oxygens (including phenoxy) is 1. The van der Waals surface area contributed by atoms with Crippen LogP contribution in [0, 0.1) is 17.2 Å². The van der Waals surface area contributed by atoms with Gasteiger partial charge in [-0.05, 0) is 25.0 Å². The van der Waals surface area contributed by atoms with Crippen LogP contribution in [0.15, 0.2) is 43.5 Å². The monoisotopic (exact) mass is 459 g/mol. The number of nitrogens with zero attached hydrogens (tertiary/aromatic N) is 7. The van der Waals surface area contributed by atoms with Crippen molar-refractivity contribution in [3.63, 3.8) is 0 Å². The van der Waals surface area contributed by atoms with E-state index in [1.165, 1.54) is 12.3 Å². The molecule has 0 N–H and O–H groups in total. The van der Waals surface area contributed by atoms with Gasteiger partial charge in [-0.25, -0.2) is 4.52 Å². The Labute approximate surface area is 196 Å². The number of amides is 2. The van der Waals surface area contributed by atoms with Gasteiger partial charge in [0.2, 0.25) is 11.8 Å². The van der Waals surface area contributed by atoms with E-state index < -0.39 is 0 Å². The highest BCUT2D eigenvalue weighted by Gasteiger charge is 2.38. The minimum absolute atomic E-state index is 0.106. The van der Waals surface area contributed by atoms with Gasteiger partial charge in [-0.2, -0.15) is 15.5 Å². The molecule has 34 heavy (non-hydrogen) atoms. The molecule has 10 nitrogen and oxygen atoms in total. The number of nitriles is 1. The van der Waals surface area contributed by atoms with E-state index in [1.807, 2.05) is 34.2 Å². The molecule has 5 heterocycles. The molecule has 3 aromatic heterocycles. The quantitative estimate of drug-likeness (QED) is 0.539. The van der Waals surface area contributed by atoms with Crippen LogP contribution in [-0.4, -0.2) is 74.3 Å². The van der Waals surface area contributed by atoms with Crippen LogP contribution in [0.3, 0.4) is 0 Å². The lowest BCUT2D eigenvalue weighted by atomic mass is 9.96. The molecule has 0 atom stereocenters. The number of hydrogen-bond acceptors (Lipinski definition) is 6. The van der Waals surface area contributed by atoms with Crippen molar-refractivity contribution in [3.05, 3.63) is 49.1 Å². The van der Waals surface area contributed by atoms with E-state index in [9.17, 15) is 14.9 Å². The van der Waals surface area contributed by atoms with Gasteiger partial charge in [0.15, 0.2) is 0 Å². The van der Waals surface area contributed by atoms with Crippen LogP contribution in [0.25, 0.3) is 16.6 Å². The van der Waals surface area contributed by atoms with Gasteiger partial charge in [0.25, 0.3) is 0 Å². The molecule has 2 aliphatic rings. The lowest BCUT2D eigenvalue weighted by Gasteiger charge is -2.41. The first kappa shape index (κ1) is 21.7. The van der Waals surface area contributed by atoms with Crippen molar-refractivity contribution in [1.82, 2.24) is 29.2 Å². The van der Waals surface area contributed by atoms with E-state index in [4.69, 9.17) is 4.74 Å². The number of methoxy groups -OCH3 is 1. The van der Waals surface area contributed by atoms with E-state index in [-0.39, 0.29) is 23.8 Å². The summed E-state index contributed by atoms with van der Waals surface area (Å²) in [4.78, 5) is 27.9. The summed E-state index contributed by atoms with van der Waals surface area (Å²) in [5.74, 6) is 0.483. The highest BCUT2D eigenvalue weighted by molar-refractivity contribution is 5.90. The number of aromatic nitrogens is 4. The fourth-order valence-corrected chi connectivity index (χ4v) is 4.72. The minimum atomic E-state index is -0.118. The summed E-state index contributed by atoms with van der Waals surface area (Å²) in [6, 6.07) is 4.23. The van der Waals surface area contributed by atoms with Gasteiger partial charge >= 0.3 is 0 Å². The van der Waals surface area contributed by atoms with Crippen molar-refractivity contribution in [3.8, 4) is 22.9 Å². The largest absolute Gasteiger partial charge is 0.494 e. The standard InChI is InChI=1S/C24H25N7O3/c1-3-22(32)29-12-19(13-29)24(33)28-6-4-20(5-7-28)30-15-18(11-26-30)16-8-21(34-2)23-17(9-25)10-27-31(23)14-16/h3,8,10-11,14-15,19-20H,1,4-7,12-13H2,2H3. The summed E-state index contributed by atoms with van der Waals surface area (Å²) < 4.78 is 9.12. The molecular weight excluding hydrogens is 434 g/mol. The number of carbonyl (C=O) groups is 2. The van der Waals surface area contributed by atoms with Crippen molar-refractivity contribution < 1.29 is 14.3 Å². The zero-order valence-corrected chi connectivity index (χ0v) is 18.9. The smallest absolute Gasteiger partial charge is 0.246 e. The average Bonchev–Trinajstić information content (AvgIpc) is 3.49. The Bertz CT molecular complexity index is 1300. The first-order valence-electron chi connectivity index (χ1n) is 11.2. The zero-order chi connectivity index (χ0) is 23.8. The number of pyridine rings is 1. The molecule has 174 valence electrons. The van der Waals surface area contributed by atoms with E-state index in [0.717, 1.165) is 24.0 Å². The maximum Gasteiger partial charge on any atom is 0.246 e. The first-order chi connectivity index (χ1) is 16.5. The van der Waals surface area contributed by atoms with Crippen LogP contribution in [0.1, 0.15) is 24.4 Å². The summed E-state index contributed by atoms with van der Waals surface area (Å²) in [5.41, 5.74) is 2.91. The van der Waals surface area contributed by atoms with E-state index in [0.29, 0.717) is 43.0 Å². The summed E-state index contributed by atoms with van der Waals surface area (Å²) >= 11 is 0. The Kier molecular flexibility index (Phi) is 5.53. The van der Waals surface area contributed by atoms with E-state index in [1.54, 1.807) is 16.5 Å². The maximum atomic E-state index is 12.8. The summed E-state index contributed by atoms with van der Waals surface area (Å²) in [6.07, 6.45) is 10.1. The number of piperidine rings is 1. The molecule has 2 amide bonds. The van der Waals surface area contributed by atoms with Crippen molar-refractivity contribution >= 4 is 17.3 Å². The van der Waals surface area contributed by atoms with Crippen molar-refractivity contribution in [2.45, 2.75) is 18.9 Å². The molecule has 2 fully saturated rings. The molecule has 5 rings (SSSR count). The summed E-state index contributed by atoms with van der Waals surface area (Å²) in [5, 5.41) is 18.2. The van der Waals surface area contributed by atoms with Crippen LogP contribution >= 0.6 is 0 Å². The molecule has 2 saturated heterocycles. The van der Waals surface area contributed by atoms with Crippen LogP contribution in [-0.2, 0) is 9.59 Å². The zero-order valence-electron chi connectivity index (χ0n) is 18.9. The number of carbonyl (C=O) groups excluding carboxylic acids is 2. The fourth-order valence-electron chi connectivity index (χ4n) is 4.72. The predicted molar refractivity (Wildman–Crippen MR) is 123 cm³/mol. The number of hydrogen-bond donors (Lipinski definition) is 0. The van der Waals surface area contributed by atoms with Crippen LogP contribution in [0.4, 0.5) is 0 Å². The first-order valence-corrected chi connectivity index (χ1v) is 11.2. The third-order valence-corrected chi connectivity index (χ3v) is 6.72. The average molecular weight is 460 g/mol. The Morgan fingerprint density at radius 2 is 1.91 bits per heavy atom. The van der Waals surface area contributed by atoms with Crippen molar-refractivity contribution in [2.75, 3.05) is 33.3 Å². The molecule has 3 aromatic rings. The summed E-state index contributed by atoms with van der Waals surface area (Å²) in [7, 11) is 1.57. The van der Waals surface area contributed by atoms with Gasteiger partial charge in [0.05, 0.1) is 31.5 Å². The Morgan fingerprint density at radius 3 is 2.59 bits per heavy atom. The highest BCUT2D eigenvalue weighted by atomic mass is 16.5. The molecule has 0 radical (unpaired) electrons. The second kappa shape index (κ2) is 8.67. The van der Waals surface area contributed by atoms with E-state index >= 15 is 0 Å². The molecule has 2 aliphatic heterocycles. The van der Waals surface area contributed by atoms with E-state index in [2.05, 4.69) is 22.8 Å². The molecule has 0 bridgehead atoms. The van der Waals surface area contributed by atoms with Crippen LogP contribution in [0.5, 0.6) is 5.75 Å². The van der Waals surface area contributed by atoms with Gasteiger partial charge in [-0.15, -0.1) is 0 Å². The molecule has 10 heteroatoms. The lowest BCUT2D eigenvalue weighted by molar-refractivity contribution is -0.147. The minimum Gasteiger partial charge on any atom is -0.494 e. The third kappa shape index (κ3) is 3.69. The van der Waals surface area contributed by atoms with Gasteiger partial charge in [-0.3, -0.25) is 14.3 Å². The van der Waals surface area contributed by atoms with Crippen molar-refractivity contribution in [2.24, 2.45) is 5.92 Å². The lowest BCUT2D eigenvalue weighted by Crippen LogP contribution is -2.57. The molecular formula is C24H25N7O3. The molecule has 0 aliphatic carbocycles. The molecule has 0 spiro atoms. The molecule has 0 unspecified atom stereocenters. The second-order valence-electron chi connectivity index (χ2n) is 8.67. The van der Waals surface area contributed by atoms with Crippen LogP contribution in [0.2, 0.25) is 0 Å². The van der Waals surface area contributed by atoms with Crippen molar-refractivity contribution in [1.29, 1.82) is 5.26 Å². The Balaban J connectivity index is 1.24. The third-order valence-electron chi connectivity index (χ3n) is 6.72. The number of fused-ring (bicyclic) bond motifs is 1. The highest BCUT2D eigenvalue weighted by Crippen LogP contribution is 2.31. The SMILES string of the molecule is C=CC(=O)N1CC(C(=O)N2CCC(n3cc(-c4cc(OC)c5c(C#N)cnn5c4)cn3)CC2)C1. The van der Waals surface area contributed by atoms with Gasteiger partial charge in [-0.1, -0.05) is 6.58 Å². The number of likely N-dealkylation sites (tertiary alicyclic amines) is 2. The maximum absolute atomic E-state index is 12.8. The second-order valence-corrected chi connectivity index (χ2v) is 8.67. The molecule has 0 aromatic carbocycles. The normalized spacial score (nSPS) is 16.8. The number of rotatable bonds is 5. The fraction of sp³-hybridized carbons (Fsp3) is 0.375. The van der Waals surface area contributed by atoms with Gasteiger partial charge in [0, 0.05) is 49.7 Å². The summed E-state index contributed by atoms with van der Waals surface area (Å²) in [6.45, 7) is 5.80.